The van der Waals surface area contributed by atoms with Crippen LogP contribution in [-0.2, 0) is 11.2 Å². The SMILES string of the molecule is CNC(=O)/C=C1\CCc2c(Cl)cc(F)cc21. The Labute approximate surface area is 98.1 Å². The maximum atomic E-state index is 13.2. The van der Waals surface area contributed by atoms with Crippen LogP contribution in [0.3, 0.4) is 0 Å². The van der Waals surface area contributed by atoms with E-state index in [1.807, 2.05) is 0 Å². The molecule has 0 fully saturated rings. The second kappa shape index (κ2) is 4.26. The van der Waals surface area contributed by atoms with E-state index in [2.05, 4.69) is 5.32 Å². The Morgan fingerprint density at radius 3 is 2.94 bits per heavy atom. The second-order valence-corrected chi connectivity index (χ2v) is 4.10. The van der Waals surface area contributed by atoms with Crippen molar-refractivity contribution in [2.45, 2.75) is 12.8 Å². The highest BCUT2D eigenvalue weighted by Crippen LogP contribution is 2.36. The molecule has 0 bridgehead atoms. The summed E-state index contributed by atoms with van der Waals surface area (Å²) in [6.07, 6.45) is 2.99. The molecule has 4 heteroatoms. The first kappa shape index (κ1) is 11.1. The number of likely N-dealkylation sites (N-methyl/N-ethyl adjacent to an activating group) is 1. The van der Waals surface area contributed by atoms with Gasteiger partial charge in [-0.2, -0.15) is 0 Å². The molecule has 1 aromatic rings. The Morgan fingerprint density at radius 2 is 2.25 bits per heavy atom. The van der Waals surface area contributed by atoms with Gasteiger partial charge in [0.25, 0.3) is 0 Å². The molecule has 16 heavy (non-hydrogen) atoms. The number of fused-ring (bicyclic) bond motifs is 1. The van der Waals surface area contributed by atoms with Gasteiger partial charge in [0.05, 0.1) is 0 Å². The molecule has 2 nitrogen and oxygen atoms in total. The summed E-state index contributed by atoms with van der Waals surface area (Å²) in [7, 11) is 1.56. The molecular formula is C12H11ClFNO. The van der Waals surface area contributed by atoms with Crippen molar-refractivity contribution in [2.24, 2.45) is 0 Å². The third-order valence-corrected chi connectivity index (χ3v) is 3.04. The van der Waals surface area contributed by atoms with Gasteiger partial charge in [0, 0.05) is 18.1 Å². The molecule has 0 radical (unpaired) electrons. The van der Waals surface area contributed by atoms with Gasteiger partial charge in [-0.25, -0.2) is 4.39 Å². The normalized spacial score (nSPS) is 16.3. The molecule has 1 amide bonds. The zero-order chi connectivity index (χ0) is 11.7. The maximum Gasteiger partial charge on any atom is 0.244 e. The number of halogens is 2. The van der Waals surface area contributed by atoms with E-state index in [0.29, 0.717) is 5.02 Å². The van der Waals surface area contributed by atoms with Crippen molar-refractivity contribution in [2.75, 3.05) is 7.05 Å². The largest absolute Gasteiger partial charge is 0.356 e. The number of benzene rings is 1. The highest BCUT2D eigenvalue weighted by molar-refractivity contribution is 6.31. The zero-order valence-electron chi connectivity index (χ0n) is 8.81. The maximum absolute atomic E-state index is 13.2. The molecule has 0 aliphatic heterocycles. The quantitative estimate of drug-likeness (QED) is 0.750. The fourth-order valence-electron chi connectivity index (χ4n) is 1.92. The van der Waals surface area contributed by atoms with Gasteiger partial charge >= 0.3 is 0 Å². The molecule has 0 heterocycles. The lowest BCUT2D eigenvalue weighted by Gasteiger charge is -2.03. The number of nitrogens with one attached hydrogen (secondary N) is 1. The fraction of sp³-hybridized carbons (Fsp3) is 0.250. The lowest BCUT2D eigenvalue weighted by molar-refractivity contribution is -0.116. The first-order valence-corrected chi connectivity index (χ1v) is 5.40. The summed E-state index contributed by atoms with van der Waals surface area (Å²) in [5.74, 6) is -0.545. The molecule has 0 aromatic heterocycles. The van der Waals surface area contributed by atoms with Crippen molar-refractivity contribution in [1.29, 1.82) is 0 Å². The van der Waals surface area contributed by atoms with Crippen LogP contribution in [0.25, 0.3) is 5.57 Å². The van der Waals surface area contributed by atoms with E-state index in [1.54, 1.807) is 7.05 Å². The average molecular weight is 240 g/mol. The third kappa shape index (κ3) is 1.95. The van der Waals surface area contributed by atoms with E-state index in [9.17, 15) is 9.18 Å². The summed E-state index contributed by atoms with van der Waals surface area (Å²) in [5, 5.41) is 2.95. The van der Waals surface area contributed by atoms with Gasteiger partial charge in [-0.3, -0.25) is 4.79 Å². The minimum atomic E-state index is -0.367. The minimum Gasteiger partial charge on any atom is -0.356 e. The summed E-state index contributed by atoms with van der Waals surface area (Å²) in [6.45, 7) is 0. The number of amides is 1. The van der Waals surface area contributed by atoms with Crippen molar-refractivity contribution in [3.8, 4) is 0 Å². The predicted molar refractivity (Wildman–Crippen MR) is 61.8 cm³/mol. The summed E-state index contributed by atoms with van der Waals surface area (Å²) in [6, 6.07) is 2.74. The van der Waals surface area contributed by atoms with Crippen LogP contribution < -0.4 is 5.32 Å². The first-order chi connectivity index (χ1) is 7.61. The predicted octanol–water partition coefficient (Wildman–Crippen LogP) is 2.55. The Kier molecular flexibility index (Phi) is 2.97. The number of allylic oxidation sites excluding steroid dienone is 1. The smallest absolute Gasteiger partial charge is 0.244 e. The number of hydrogen-bond acceptors (Lipinski definition) is 1. The van der Waals surface area contributed by atoms with Crippen molar-refractivity contribution in [1.82, 2.24) is 5.32 Å². The molecule has 0 spiro atoms. The van der Waals surface area contributed by atoms with Crippen LogP contribution in [0, 0.1) is 5.82 Å². The monoisotopic (exact) mass is 239 g/mol. The molecule has 1 aliphatic rings. The van der Waals surface area contributed by atoms with Gasteiger partial charge in [0.15, 0.2) is 0 Å². The van der Waals surface area contributed by atoms with Crippen LogP contribution in [0.2, 0.25) is 5.02 Å². The zero-order valence-corrected chi connectivity index (χ0v) is 9.57. The van der Waals surface area contributed by atoms with Crippen LogP contribution >= 0.6 is 11.6 Å². The second-order valence-electron chi connectivity index (χ2n) is 3.70. The van der Waals surface area contributed by atoms with Crippen LogP contribution in [0.1, 0.15) is 17.5 Å². The van der Waals surface area contributed by atoms with E-state index < -0.39 is 0 Å². The molecule has 0 atom stereocenters. The average Bonchev–Trinajstić information content (AvgIpc) is 2.61. The van der Waals surface area contributed by atoms with E-state index in [1.165, 1.54) is 18.2 Å². The number of hydrogen-bond donors (Lipinski definition) is 1. The topological polar surface area (TPSA) is 29.1 Å². The van der Waals surface area contributed by atoms with Gasteiger partial charge in [-0.05, 0) is 41.7 Å². The molecule has 0 saturated carbocycles. The molecule has 1 aromatic carbocycles. The third-order valence-electron chi connectivity index (χ3n) is 2.70. The highest BCUT2D eigenvalue weighted by atomic mass is 35.5. The van der Waals surface area contributed by atoms with Crippen LogP contribution in [-0.4, -0.2) is 13.0 Å². The Morgan fingerprint density at radius 1 is 1.50 bits per heavy atom. The van der Waals surface area contributed by atoms with Crippen LogP contribution in [0.5, 0.6) is 0 Å². The molecule has 84 valence electrons. The highest BCUT2D eigenvalue weighted by Gasteiger charge is 2.20. The summed E-state index contributed by atoms with van der Waals surface area (Å²) in [5.41, 5.74) is 2.53. The molecular weight excluding hydrogens is 229 g/mol. The number of carbonyl (C=O) groups is 1. The van der Waals surface area contributed by atoms with Crippen molar-refractivity contribution in [3.63, 3.8) is 0 Å². The summed E-state index contributed by atoms with van der Waals surface area (Å²) < 4.78 is 13.2. The molecule has 1 aliphatic carbocycles. The van der Waals surface area contributed by atoms with E-state index in [-0.39, 0.29) is 11.7 Å². The van der Waals surface area contributed by atoms with Gasteiger partial charge in [0.1, 0.15) is 5.82 Å². The Balaban J connectivity index is 2.47. The molecule has 1 N–H and O–H groups in total. The summed E-state index contributed by atoms with van der Waals surface area (Å²) >= 11 is 5.94. The fourth-order valence-corrected chi connectivity index (χ4v) is 2.22. The van der Waals surface area contributed by atoms with Crippen molar-refractivity contribution >= 4 is 23.1 Å². The van der Waals surface area contributed by atoms with Gasteiger partial charge < -0.3 is 5.32 Å². The molecule has 0 saturated heterocycles. The van der Waals surface area contributed by atoms with Crippen molar-refractivity contribution < 1.29 is 9.18 Å². The van der Waals surface area contributed by atoms with Crippen molar-refractivity contribution in [3.05, 3.63) is 40.2 Å². The van der Waals surface area contributed by atoms with Gasteiger partial charge in [-0.15, -0.1) is 0 Å². The number of carbonyl (C=O) groups excluding carboxylic acids is 1. The van der Waals surface area contributed by atoms with E-state index >= 15 is 0 Å². The first-order valence-electron chi connectivity index (χ1n) is 5.02. The Hall–Kier alpha value is -1.35. The van der Waals surface area contributed by atoms with E-state index in [4.69, 9.17) is 11.6 Å². The van der Waals surface area contributed by atoms with Gasteiger partial charge in [-0.1, -0.05) is 11.6 Å². The molecule has 2 rings (SSSR count). The minimum absolute atomic E-state index is 0.178. The standard InChI is InChI=1S/C12H11ClFNO/c1-15-12(16)4-7-2-3-9-10(7)5-8(14)6-11(9)13/h4-6H,2-3H2,1H3,(H,15,16)/b7-4+. The Bertz CT molecular complexity index is 482. The number of rotatable bonds is 1. The summed E-state index contributed by atoms with van der Waals surface area (Å²) in [4.78, 5) is 11.2. The van der Waals surface area contributed by atoms with Crippen LogP contribution in [0.15, 0.2) is 18.2 Å². The lowest BCUT2D eigenvalue weighted by Crippen LogP contribution is -2.14. The van der Waals surface area contributed by atoms with E-state index in [0.717, 1.165) is 29.5 Å². The van der Waals surface area contributed by atoms with Gasteiger partial charge in [0.2, 0.25) is 5.91 Å². The van der Waals surface area contributed by atoms with Crippen LogP contribution in [0.4, 0.5) is 4.39 Å². The lowest BCUT2D eigenvalue weighted by atomic mass is 10.1. The molecule has 0 unspecified atom stereocenters.